The Morgan fingerprint density at radius 1 is 1.35 bits per heavy atom. The van der Waals surface area contributed by atoms with Gasteiger partial charge in [0.2, 0.25) is 0 Å². The quantitative estimate of drug-likeness (QED) is 0.862. The summed E-state index contributed by atoms with van der Waals surface area (Å²) in [6.45, 7) is 1.74. The molecule has 0 spiro atoms. The molecule has 0 aliphatic heterocycles. The van der Waals surface area contributed by atoms with Gasteiger partial charge in [0.05, 0.1) is 30.8 Å². The minimum absolute atomic E-state index is 0.412. The van der Waals surface area contributed by atoms with Crippen LogP contribution in [0.4, 0.5) is 0 Å². The Hall–Kier alpha value is -1.88. The second kappa shape index (κ2) is 4.97. The van der Waals surface area contributed by atoms with E-state index in [0.717, 1.165) is 17.1 Å². The van der Waals surface area contributed by atoms with Crippen molar-refractivity contribution in [3.05, 3.63) is 36.2 Å². The summed E-state index contributed by atoms with van der Waals surface area (Å²) < 4.78 is 6.81. The summed E-state index contributed by atoms with van der Waals surface area (Å²) in [5.41, 5.74) is 1.78. The summed E-state index contributed by atoms with van der Waals surface area (Å²) >= 11 is 0. The van der Waals surface area contributed by atoms with E-state index in [1.807, 2.05) is 24.3 Å². The molecule has 1 heterocycles. The van der Waals surface area contributed by atoms with Crippen molar-refractivity contribution < 1.29 is 9.84 Å². The molecule has 5 nitrogen and oxygen atoms in total. The number of aliphatic hydroxyl groups is 1. The molecule has 5 heteroatoms. The Balaban J connectivity index is 2.29. The van der Waals surface area contributed by atoms with E-state index >= 15 is 0 Å². The van der Waals surface area contributed by atoms with E-state index in [2.05, 4.69) is 10.3 Å². The average Bonchev–Trinajstić information content (AvgIpc) is 2.76. The third kappa shape index (κ3) is 2.62. The Labute approximate surface area is 99.7 Å². The second-order valence-corrected chi connectivity index (χ2v) is 3.89. The highest BCUT2D eigenvalue weighted by Gasteiger charge is 2.08. The van der Waals surface area contributed by atoms with Crippen LogP contribution in [0.1, 0.15) is 12.6 Å². The first kappa shape index (κ1) is 11.6. The largest absolute Gasteiger partial charge is 0.497 e. The van der Waals surface area contributed by atoms with Crippen LogP contribution in [-0.2, 0) is 6.42 Å². The molecule has 1 atom stereocenters. The molecule has 0 radical (unpaired) electrons. The van der Waals surface area contributed by atoms with Crippen LogP contribution < -0.4 is 4.74 Å². The van der Waals surface area contributed by atoms with Crippen LogP contribution in [0.15, 0.2) is 30.5 Å². The van der Waals surface area contributed by atoms with E-state index < -0.39 is 6.10 Å². The zero-order valence-corrected chi connectivity index (χ0v) is 9.87. The van der Waals surface area contributed by atoms with E-state index in [1.54, 1.807) is 24.9 Å². The normalized spacial score (nSPS) is 12.4. The number of benzene rings is 1. The SMILES string of the molecule is COc1ccc(-n2nncc2CC(C)O)cc1. The minimum Gasteiger partial charge on any atom is -0.497 e. The fourth-order valence-corrected chi connectivity index (χ4v) is 1.64. The maximum Gasteiger partial charge on any atom is 0.119 e. The Kier molecular flexibility index (Phi) is 3.39. The molecule has 1 aromatic heterocycles. The lowest BCUT2D eigenvalue weighted by Gasteiger charge is -2.08. The summed E-state index contributed by atoms with van der Waals surface area (Å²) in [5, 5.41) is 17.3. The van der Waals surface area contributed by atoms with Crippen LogP contribution in [0, 0.1) is 0 Å². The van der Waals surface area contributed by atoms with Gasteiger partial charge in [0.15, 0.2) is 0 Å². The molecular weight excluding hydrogens is 218 g/mol. The van der Waals surface area contributed by atoms with Crippen molar-refractivity contribution in [2.75, 3.05) is 7.11 Å². The van der Waals surface area contributed by atoms with Crippen LogP contribution >= 0.6 is 0 Å². The summed E-state index contributed by atoms with van der Waals surface area (Å²) in [4.78, 5) is 0. The molecule has 0 saturated carbocycles. The van der Waals surface area contributed by atoms with Gasteiger partial charge in [-0.05, 0) is 31.2 Å². The van der Waals surface area contributed by atoms with E-state index in [0.29, 0.717) is 6.42 Å². The molecule has 0 amide bonds. The van der Waals surface area contributed by atoms with Crippen molar-refractivity contribution in [2.45, 2.75) is 19.4 Å². The number of hydrogen-bond acceptors (Lipinski definition) is 4. The number of ether oxygens (including phenoxy) is 1. The van der Waals surface area contributed by atoms with Gasteiger partial charge >= 0.3 is 0 Å². The van der Waals surface area contributed by atoms with Crippen molar-refractivity contribution in [3.63, 3.8) is 0 Å². The maximum atomic E-state index is 9.39. The Bertz CT molecular complexity index is 477. The topological polar surface area (TPSA) is 60.2 Å². The average molecular weight is 233 g/mol. The van der Waals surface area contributed by atoms with Gasteiger partial charge in [-0.3, -0.25) is 0 Å². The molecule has 90 valence electrons. The summed E-state index contributed by atoms with van der Waals surface area (Å²) in [6, 6.07) is 7.53. The summed E-state index contributed by atoms with van der Waals surface area (Å²) in [7, 11) is 1.63. The molecule has 0 aliphatic carbocycles. The third-order valence-corrected chi connectivity index (χ3v) is 2.44. The van der Waals surface area contributed by atoms with Crippen LogP contribution in [0.3, 0.4) is 0 Å². The van der Waals surface area contributed by atoms with E-state index in [-0.39, 0.29) is 0 Å². The molecule has 0 saturated heterocycles. The van der Waals surface area contributed by atoms with Gasteiger partial charge in [-0.15, -0.1) is 5.10 Å². The van der Waals surface area contributed by atoms with Crippen LogP contribution in [-0.4, -0.2) is 33.3 Å². The molecule has 2 aromatic rings. The zero-order chi connectivity index (χ0) is 12.3. The van der Waals surface area contributed by atoms with Gasteiger partial charge < -0.3 is 9.84 Å². The van der Waals surface area contributed by atoms with Crippen LogP contribution in [0.2, 0.25) is 0 Å². The Morgan fingerprint density at radius 3 is 2.65 bits per heavy atom. The fraction of sp³-hybridized carbons (Fsp3) is 0.333. The maximum absolute atomic E-state index is 9.39. The highest BCUT2D eigenvalue weighted by Crippen LogP contribution is 2.16. The van der Waals surface area contributed by atoms with Crippen molar-refractivity contribution in [1.82, 2.24) is 15.0 Å². The van der Waals surface area contributed by atoms with E-state index in [1.165, 1.54) is 0 Å². The summed E-state index contributed by atoms with van der Waals surface area (Å²) in [6.07, 6.45) is 1.78. The van der Waals surface area contributed by atoms with Crippen molar-refractivity contribution in [3.8, 4) is 11.4 Å². The molecule has 2 rings (SSSR count). The molecular formula is C12H15N3O2. The lowest BCUT2D eigenvalue weighted by atomic mass is 10.2. The first-order valence-corrected chi connectivity index (χ1v) is 5.43. The van der Waals surface area contributed by atoms with Gasteiger partial charge in [0.1, 0.15) is 5.75 Å². The molecule has 1 unspecified atom stereocenters. The van der Waals surface area contributed by atoms with E-state index in [4.69, 9.17) is 4.74 Å². The predicted molar refractivity (Wildman–Crippen MR) is 63.3 cm³/mol. The summed E-state index contributed by atoms with van der Waals surface area (Å²) in [5.74, 6) is 0.797. The molecule has 17 heavy (non-hydrogen) atoms. The minimum atomic E-state index is -0.412. The number of methoxy groups -OCH3 is 1. The number of rotatable bonds is 4. The standard InChI is InChI=1S/C12H15N3O2/c1-9(16)7-11-8-13-14-15(11)10-3-5-12(17-2)6-4-10/h3-6,8-9,16H,7H2,1-2H3. The van der Waals surface area contributed by atoms with Crippen molar-refractivity contribution in [1.29, 1.82) is 0 Å². The first-order chi connectivity index (χ1) is 8.20. The lowest BCUT2D eigenvalue weighted by molar-refractivity contribution is 0.193. The number of nitrogens with zero attached hydrogens (tertiary/aromatic N) is 3. The fourth-order valence-electron chi connectivity index (χ4n) is 1.64. The second-order valence-electron chi connectivity index (χ2n) is 3.89. The van der Waals surface area contributed by atoms with Gasteiger partial charge in [-0.2, -0.15) is 0 Å². The van der Waals surface area contributed by atoms with Gasteiger partial charge in [-0.1, -0.05) is 5.21 Å². The van der Waals surface area contributed by atoms with Gasteiger partial charge in [0.25, 0.3) is 0 Å². The van der Waals surface area contributed by atoms with E-state index in [9.17, 15) is 5.11 Å². The lowest BCUT2D eigenvalue weighted by Crippen LogP contribution is -2.10. The highest BCUT2D eigenvalue weighted by molar-refractivity contribution is 5.37. The highest BCUT2D eigenvalue weighted by atomic mass is 16.5. The first-order valence-electron chi connectivity index (χ1n) is 5.43. The van der Waals surface area contributed by atoms with Gasteiger partial charge in [0, 0.05) is 6.42 Å². The molecule has 0 bridgehead atoms. The molecule has 1 aromatic carbocycles. The van der Waals surface area contributed by atoms with Crippen molar-refractivity contribution >= 4 is 0 Å². The Morgan fingerprint density at radius 2 is 2.06 bits per heavy atom. The van der Waals surface area contributed by atoms with Crippen LogP contribution in [0.5, 0.6) is 5.75 Å². The number of aromatic nitrogens is 3. The molecule has 0 aliphatic rings. The number of hydrogen-bond donors (Lipinski definition) is 1. The van der Waals surface area contributed by atoms with Crippen molar-refractivity contribution in [2.24, 2.45) is 0 Å². The van der Waals surface area contributed by atoms with Gasteiger partial charge in [-0.25, -0.2) is 4.68 Å². The molecule has 1 N–H and O–H groups in total. The number of aliphatic hydroxyl groups excluding tert-OH is 1. The smallest absolute Gasteiger partial charge is 0.119 e. The van der Waals surface area contributed by atoms with Crippen LogP contribution in [0.25, 0.3) is 5.69 Å². The molecule has 0 fully saturated rings. The zero-order valence-electron chi connectivity index (χ0n) is 9.87. The predicted octanol–water partition coefficient (Wildman–Crippen LogP) is 1.20. The monoisotopic (exact) mass is 233 g/mol. The third-order valence-electron chi connectivity index (χ3n) is 2.44.